The molecule has 1 amide bonds. The average Bonchev–Trinajstić information content (AvgIpc) is 3.16. The first-order chi connectivity index (χ1) is 13.0. The minimum atomic E-state index is -0.229. The Morgan fingerprint density at radius 2 is 1.78 bits per heavy atom. The van der Waals surface area contributed by atoms with Crippen LogP contribution >= 0.6 is 23.8 Å². The van der Waals surface area contributed by atoms with Gasteiger partial charge in [-0.1, -0.05) is 43.6 Å². The quantitative estimate of drug-likeness (QED) is 0.692. The maximum absolute atomic E-state index is 12.5. The van der Waals surface area contributed by atoms with E-state index < -0.39 is 0 Å². The molecule has 1 fully saturated rings. The number of nitrogens with zero attached hydrogens (tertiary/aromatic N) is 1. The summed E-state index contributed by atoms with van der Waals surface area (Å²) in [6.07, 6.45) is 2.30. The summed E-state index contributed by atoms with van der Waals surface area (Å²) < 4.78 is 0. The van der Waals surface area contributed by atoms with Gasteiger partial charge in [0.05, 0.1) is 16.4 Å². The lowest BCUT2D eigenvalue weighted by molar-refractivity contribution is 0.0977. The van der Waals surface area contributed by atoms with Crippen LogP contribution in [0.2, 0.25) is 5.02 Å². The number of anilines is 2. The predicted molar refractivity (Wildman–Crippen MR) is 117 cm³/mol. The van der Waals surface area contributed by atoms with Gasteiger partial charge in [0, 0.05) is 18.7 Å². The highest BCUT2D eigenvalue weighted by Gasteiger charge is 2.19. The first-order valence-corrected chi connectivity index (χ1v) is 10.00. The van der Waals surface area contributed by atoms with Crippen LogP contribution < -0.4 is 15.5 Å². The van der Waals surface area contributed by atoms with Gasteiger partial charge in [-0.3, -0.25) is 10.1 Å². The van der Waals surface area contributed by atoms with Crippen molar-refractivity contribution in [2.24, 2.45) is 0 Å². The second-order valence-corrected chi connectivity index (χ2v) is 7.83. The summed E-state index contributed by atoms with van der Waals surface area (Å²) in [5.74, 6) is 0.198. The third-order valence-corrected chi connectivity index (χ3v) is 5.23. The van der Waals surface area contributed by atoms with Gasteiger partial charge in [-0.15, -0.1) is 0 Å². The number of amides is 1. The number of nitrogens with one attached hydrogen (secondary N) is 2. The molecule has 142 valence electrons. The van der Waals surface area contributed by atoms with Crippen LogP contribution in [0.5, 0.6) is 0 Å². The lowest BCUT2D eigenvalue weighted by atomic mass is 10.0. The van der Waals surface area contributed by atoms with E-state index in [0.717, 1.165) is 37.3 Å². The van der Waals surface area contributed by atoms with Crippen LogP contribution in [0.1, 0.15) is 48.5 Å². The molecule has 0 spiro atoms. The summed E-state index contributed by atoms with van der Waals surface area (Å²) in [5.41, 5.74) is 3.52. The van der Waals surface area contributed by atoms with E-state index in [1.165, 1.54) is 5.56 Å². The van der Waals surface area contributed by atoms with Gasteiger partial charge in [-0.05, 0) is 60.8 Å². The molecule has 0 aliphatic carbocycles. The Balaban J connectivity index is 1.69. The van der Waals surface area contributed by atoms with Crippen molar-refractivity contribution in [1.29, 1.82) is 0 Å². The summed E-state index contributed by atoms with van der Waals surface area (Å²) in [6, 6.07) is 13.3. The lowest BCUT2D eigenvalue weighted by Crippen LogP contribution is -2.34. The molecule has 0 atom stereocenters. The molecule has 0 bridgehead atoms. The van der Waals surface area contributed by atoms with Crippen LogP contribution in [0.25, 0.3) is 0 Å². The SMILES string of the molecule is CC(C)c1ccc(C(=O)NC(=S)Nc2cccc(Cl)c2N2CCCC2)cc1. The van der Waals surface area contributed by atoms with Crippen LogP contribution in [0, 0.1) is 0 Å². The topological polar surface area (TPSA) is 44.4 Å². The fourth-order valence-corrected chi connectivity index (χ4v) is 3.72. The third kappa shape index (κ3) is 4.79. The average molecular weight is 402 g/mol. The number of rotatable bonds is 4. The smallest absolute Gasteiger partial charge is 0.257 e. The van der Waals surface area contributed by atoms with E-state index in [1.54, 1.807) is 0 Å². The summed E-state index contributed by atoms with van der Waals surface area (Å²) in [4.78, 5) is 14.7. The van der Waals surface area contributed by atoms with Gasteiger partial charge in [0.15, 0.2) is 5.11 Å². The summed E-state index contributed by atoms with van der Waals surface area (Å²) in [7, 11) is 0. The molecule has 0 radical (unpaired) electrons. The van der Waals surface area contributed by atoms with Gasteiger partial charge in [0.25, 0.3) is 5.91 Å². The molecule has 4 nitrogen and oxygen atoms in total. The minimum absolute atomic E-state index is 0.229. The number of carbonyl (C=O) groups excluding carboxylic acids is 1. The molecule has 3 rings (SSSR count). The summed E-state index contributed by atoms with van der Waals surface area (Å²) in [6.45, 7) is 6.19. The Bertz CT molecular complexity index is 830. The van der Waals surface area contributed by atoms with Gasteiger partial charge in [-0.25, -0.2) is 0 Å². The molecule has 1 heterocycles. The van der Waals surface area contributed by atoms with E-state index in [0.29, 0.717) is 16.5 Å². The normalized spacial score (nSPS) is 13.7. The Morgan fingerprint density at radius 1 is 1.11 bits per heavy atom. The van der Waals surface area contributed by atoms with Crippen molar-refractivity contribution in [2.75, 3.05) is 23.3 Å². The number of thiocarbonyl (C=S) groups is 1. The number of benzene rings is 2. The van der Waals surface area contributed by atoms with Crippen molar-refractivity contribution in [2.45, 2.75) is 32.6 Å². The van der Waals surface area contributed by atoms with Gasteiger partial charge < -0.3 is 10.2 Å². The molecule has 2 N–H and O–H groups in total. The number of halogens is 1. The Kier molecular flexibility index (Phi) is 6.34. The van der Waals surface area contributed by atoms with Crippen LogP contribution in [-0.2, 0) is 0 Å². The van der Waals surface area contributed by atoms with Crippen LogP contribution in [-0.4, -0.2) is 24.1 Å². The molecule has 1 saturated heterocycles. The van der Waals surface area contributed by atoms with E-state index in [2.05, 4.69) is 29.4 Å². The van der Waals surface area contributed by atoms with Gasteiger partial charge in [-0.2, -0.15) is 0 Å². The molecule has 0 unspecified atom stereocenters. The number of para-hydroxylation sites is 1. The highest BCUT2D eigenvalue weighted by atomic mass is 35.5. The minimum Gasteiger partial charge on any atom is -0.369 e. The molecule has 0 aromatic heterocycles. The monoisotopic (exact) mass is 401 g/mol. The zero-order valence-corrected chi connectivity index (χ0v) is 17.2. The van der Waals surface area contributed by atoms with Crippen molar-refractivity contribution >= 4 is 46.2 Å². The molecule has 6 heteroatoms. The molecule has 1 aliphatic rings. The molecule has 2 aromatic rings. The number of carbonyl (C=O) groups is 1. The van der Waals surface area contributed by atoms with Crippen LogP contribution in [0.4, 0.5) is 11.4 Å². The summed E-state index contributed by atoms with van der Waals surface area (Å²) in [5, 5.41) is 6.82. The van der Waals surface area contributed by atoms with E-state index in [1.807, 2.05) is 42.5 Å². The van der Waals surface area contributed by atoms with Gasteiger partial charge in [0.1, 0.15) is 0 Å². The fourth-order valence-electron chi connectivity index (χ4n) is 3.23. The molecular weight excluding hydrogens is 378 g/mol. The lowest BCUT2D eigenvalue weighted by Gasteiger charge is -2.23. The molecule has 27 heavy (non-hydrogen) atoms. The summed E-state index contributed by atoms with van der Waals surface area (Å²) >= 11 is 11.8. The maximum Gasteiger partial charge on any atom is 0.257 e. The standard InChI is InChI=1S/C21H24ClN3OS/c1-14(2)15-8-10-16(11-9-15)20(26)24-21(27)23-18-7-5-6-17(22)19(18)25-12-3-4-13-25/h5-11,14H,3-4,12-13H2,1-2H3,(H2,23,24,26,27). The van der Waals surface area contributed by atoms with E-state index in [9.17, 15) is 4.79 Å². The largest absolute Gasteiger partial charge is 0.369 e. The van der Waals surface area contributed by atoms with E-state index in [4.69, 9.17) is 23.8 Å². The first kappa shape index (κ1) is 19.6. The number of hydrogen-bond donors (Lipinski definition) is 2. The number of hydrogen-bond acceptors (Lipinski definition) is 3. The van der Waals surface area contributed by atoms with E-state index >= 15 is 0 Å². The van der Waals surface area contributed by atoms with Gasteiger partial charge in [0.2, 0.25) is 0 Å². The maximum atomic E-state index is 12.5. The zero-order chi connectivity index (χ0) is 19.4. The molecule has 2 aromatic carbocycles. The molecule has 0 saturated carbocycles. The second kappa shape index (κ2) is 8.72. The first-order valence-electron chi connectivity index (χ1n) is 9.21. The predicted octanol–water partition coefficient (Wildman–Crippen LogP) is 5.19. The van der Waals surface area contributed by atoms with Crippen molar-refractivity contribution in [3.8, 4) is 0 Å². The van der Waals surface area contributed by atoms with Crippen molar-refractivity contribution in [1.82, 2.24) is 5.32 Å². The zero-order valence-electron chi connectivity index (χ0n) is 15.6. The fraction of sp³-hybridized carbons (Fsp3) is 0.333. The van der Waals surface area contributed by atoms with Crippen LogP contribution in [0.15, 0.2) is 42.5 Å². The Hall–Kier alpha value is -2.11. The second-order valence-electron chi connectivity index (χ2n) is 7.02. The van der Waals surface area contributed by atoms with Crippen molar-refractivity contribution in [3.63, 3.8) is 0 Å². The van der Waals surface area contributed by atoms with Crippen LogP contribution in [0.3, 0.4) is 0 Å². The highest BCUT2D eigenvalue weighted by molar-refractivity contribution is 7.80. The molecular formula is C21H24ClN3OS. The third-order valence-electron chi connectivity index (χ3n) is 4.72. The van der Waals surface area contributed by atoms with Crippen molar-refractivity contribution in [3.05, 3.63) is 58.6 Å². The van der Waals surface area contributed by atoms with Crippen molar-refractivity contribution < 1.29 is 4.79 Å². The van der Waals surface area contributed by atoms with E-state index in [-0.39, 0.29) is 11.0 Å². The van der Waals surface area contributed by atoms with Gasteiger partial charge >= 0.3 is 0 Å². The Labute approximate surface area is 170 Å². The highest BCUT2D eigenvalue weighted by Crippen LogP contribution is 2.35. The molecule has 1 aliphatic heterocycles. The Morgan fingerprint density at radius 3 is 2.41 bits per heavy atom.